The maximum absolute atomic E-state index is 13.2. The van der Waals surface area contributed by atoms with E-state index in [1.54, 1.807) is 42.5 Å². The van der Waals surface area contributed by atoms with Gasteiger partial charge in [0.15, 0.2) is 0 Å². The van der Waals surface area contributed by atoms with Gasteiger partial charge in [-0.15, -0.1) is 11.3 Å². The first-order valence-corrected chi connectivity index (χ1v) is 11.5. The molecular formula is C25H22ClNO5S. The van der Waals surface area contributed by atoms with Crippen LogP contribution in [0.4, 0.5) is 5.69 Å². The van der Waals surface area contributed by atoms with E-state index in [9.17, 15) is 14.7 Å². The lowest BCUT2D eigenvalue weighted by Gasteiger charge is -2.25. The normalized spacial score (nSPS) is 17.5. The fourth-order valence-electron chi connectivity index (χ4n) is 3.85. The molecule has 1 atom stereocenters. The van der Waals surface area contributed by atoms with Gasteiger partial charge in [-0.1, -0.05) is 11.6 Å². The number of methoxy groups -OCH3 is 1. The number of carbonyl (C=O) groups is 2. The second-order valence-electron chi connectivity index (χ2n) is 7.41. The van der Waals surface area contributed by atoms with Gasteiger partial charge in [0.25, 0.3) is 11.7 Å². The summed E-state index contributed by atoms with van der Waals surface area (Å²) < 4.78 is 10.7. The first kappa shape index (κ1) is 22.9. The van der Waals surface area contributed by atoms with Crippen LogP contribution in [0.15, 0.2) is 59.5 Å². The van der Waals surface area contributed by atoms with Crippen molar-refractivity contribution in [2.75, 3.05) is 18.6 Å². The summed E-state index contributed by atoms with van der Waals surface area (Å²) in [5, 5.41) is 13.4. The zero-order valence-electron chi connectivity index (χ0n) is 18.3. The fraction of sp³-hybridized carbons (Fsp3) is 0.200. The topological polar surface area (TPSA) is 76.1 Å². The molecule has 0 saturated carbocycles. The van der Waals surface area contributed by atoms with E-state index in [0.717, 1.165) is 10.4 Å². The van der Waals surface area contributed by atoms with Crippen LogP contribution in [0.5, 0.6) is 11.5 Å². The zero-order valence-corrected chi connectivity index (χ0v) is 19.9. The summed E-state index contributed by atoms with van der Waals surface area (Å²) in [6.07, 6.45) is 0. The summed E-state index contributed by atoms with van der Waals surface area (Å²) in [6.45, 7) is 4.30. The van der Waals surface area contributed by atoms with Crippen LogP contribution >= 0.6 is 22.9 Å². The second kappa shape index (κ2) is 9.29. The number of Topliss-reactive ketones (excluding diaryl/α,β-unsaturated/α-hetero) is 1. The van der Waals surface area contributed by atoms with Crippen molar-refractivity contribution in [3.63, 3.8) is 0 Å². The van der Waals surface area contributed by atoms with Gasteiger partial charge in [0, 0.05) is 16.1 Å². The van der Waals surface area contributed by atoms with E-state index in [2.05, 4.69) is 0 Å². The van der Waals surface area contributed by atoms with Crippen molar-refractivity contribution in [1.82, 2.24) is 0 Å². The van der Waals surface area contributed by atoms with Crippen molar-refractivity contribution in [1.29, 1.82) is 0 Å². The predicted molar refractivity (Wildman–Crippen MR) is 129 cm³/mol. The van der Waals surface area contributed by atoms with E-state index in [-0.39, 0.29) is 11.3 Å². The number of ether oxygens (including phenoxy) is 2. The van der Waals surface area contributed by atoms with E-state index in [1.165, 1.54) is 23.3 Å². The lowest BCUT2D eigenvalue weighted by molar-refractivity contribution is -0.132. The van der Waals surface area contributed by atoms with Gasteiger partial charge in [0.2, 0.25) is 0 Å². The Balaban J connectivity index is 1.88. The molecule has 1 fully saturated rings. The minimum atomic E-state index is -0.791. The number of aliphatic hydroxyl groups is 1. The van der Waals surface area contributed by atoms with Crippen molar-refractivity contribution in [2.24, 2.45) is 0 Å². The van der Waals surface area contributed by atoms with Crippen LogP contribution in [0, 0.1) is 6.92 Å². The largest absolute Gasteiger partial charge is 0.507 e. The Labute approximate surface area is 200 Å². The predicted octanol–water partition coefficient (Wildman–Crippen LogP) is 5.74. The van der Waals surface area contributed by atoms with Gasteiger partial charge in [-0.05, 0) is 73.3 Å². The number of nitrogens with zero attached hydrogens (tertiary/aromatic N) is 1. The van der Waals surface area contributed by atoms with Crippen molar-refractivity contribution >= 4 is 46.1 Å². The van der Waals surface area contributed by atoms with Gasteiger partial charge < -0.3 is 14.6 Å². The SMILES string of the molecule is CCOc1ccc(/C(O)=C2/C(=O)C(=O)N(c3ccc(OC)c(Cl)c3)C2c2sccc2C)cc1. The third kappa shape index (κ3) is 4.10. The Kier molecular flexibility index (Phi) is 6.44. The molecule has 1 unspecified atom stereocenters. The Morgan fingerprint density at radius 1 is 1.15 bits per heavy atom. The van der Waals surface area contributed by atoms with Gasteiger partial charge in [-0.2, -0.15) is 0 Å². The van der Waals surface area contributed by atoms with Crippen LogP contribution in [0.25, 0.3) is 5.76 Å². The average Bonchev–Trinajstić information content (AvgIpc) is 3.34. The number of aliphatic hydroxyl groups excluding tert-OH is 1. The van der Waals surface area contributed by atoms with Crippen molar-refractivity contribution in [3.05, 3.63) is 80.5 Å². The first-order chi connectivity index (χ1) is 15.9. The highest BCUT2D eigenvalue weighted by molar-refractivity contribution is 7.10. The van der Waals surface area contributed by atoms with E-state index in [4.69, 9.17) is 21.1 Å². The molecule has 33 heavy (non-hydrogen) atoms. The smallest absolute Gasteiger partial charge is 0.300 e. The molecule has 170 valence electrons. The average molecular weight is 484 g/mol. The molecule has 3 aromatic rings. The molecule has 1 N–H and O–H groups in total. The lowest BCUT2D eigenvalue weighted by Crippen LogP contribution is -2.29. The Bertz CT molecular complexity index is 1250. The Hall–Kier alpha value is -3.29. The fourth-order valence-corrected chi connectivity index (χ4v) is 5.12. The Morgan fingerprint density at radius 2 is 1.88 bits per heavy atom. The van der Waals surface area contributed by atoms with E-state index in [1.807, 2.05) is 25.3 Å². The number of thiophene rings is 1. The number of ketones is 1. The molecule has 1 saturated heterocycles. The van der Waals surface area contributed by atoms with Crippen molar-refractivity contribution < 1.29 is 24.2 Å². The van der Waals surface area contributed by atoms with Gasteiger partial charge >= 0.3 is 0 Å². The van der Waals surface area contributed by atoms with Crippen LogP contribution in [-0.4, -0.2) is 30.5 Å². The first-order valence-electron chi connectivity index (χ1n) is 10.3. The third-order valence-corrected chi connectivity index (χ3v) is 6.81. The van der Waals surface area contributed by atoms with Crippen LogP contribution in [0.2, 0.25) is 5.02 Å². The van der Waals surface area contributed by atoms with Crippen LogP contribution in [0.3, 0.4) is 0 Å². The second-order valence-corrected chi connectivity index (χ2v) is 8.77. The van der Waals surface area contributed by atoms with Gasteiger partial charge in [-0.25, -0.2) is 0 Å². The van der Waals surface area contributed by atoms with E-state index in [0.29, 0.717) is 34.4 Å². The molecule has 2 heterocycles. The minimum Gasteiger partial charge on any atom is -0.507 e. The molecule has 4 rings (SSSR count). The highest BCUT2D eigenvalue weighted by Crippen LogP contribution is 2.45. The summed E-state index contributed by atoms with van der Waals surface area (Å²) >= 11 is 7.73. The number of halogens is 1. The lowest BCUT2D eigenvalue weighted by atomic mass is 9.98. The molecule has 6 nitrogen and oxygen atoms in total. The molecule has 2 aromatic carbocycles. The molecule has 0 bridgehead atoms. The number of anilines is 1. The molecule has 1 aliphatic heterocycles. The third-order valence-electron chi connectivity index (χ3n) is 5.45. The quantitative estimate of drug-likeness (QED) is 0.275. The zero-order chi connectivity index (χ0) is 23.7. The monoisotopic (exact) mass is 483 g/mol. The summed E-state index contributed by atoms with van der Waals surface area (Å²) in [4.78, 5) is 28.6. The van der Waals surface area contributed by atoms with Gasteiger partial charge in [0.05, 0.1) is 24.3 Å². The van der Waals surface area contributed by atoms with Gasteiger partial charge in [0.1, 0.15) is 23.3 Å². The number of aryl methyl sites for hydroxylation is 1. The number of rotatable bonds is 6. The van der Waals surface area contributed by atoms with Crippen LogP contribution in [0.1, 0.15) is 29.0 Å². The highest BCUT2D eigenvalue weighted by atomic mass is 35.5. The minimum absolute atomic E-state index is 0.0293. The maximum atomic E-state index is 13.2. The van der Waals surface area contributed by atoms with Crippen LogP contribution in [-0.2, 0) is 9.59 Å². The molecule has 8 heteroatoms. The summed E-state index contributed by atoms with van der Waals surface area (Å²) in [7, 11) is 1.50. The van der Waals surface area contributed by atoms with Gasteiger partial charge in [-0.3, -0.25) is 14.5 Å². The molecule has 1 amide bonds. The van der Waals surface area contributed by atoms with E-state index < -0.39 is 17.7 Å². The number of hydrogen-bond acceptors (Lipinski definition) is 6. The highest BCUT2D eigenvalue weighted by Gasteiger charge is 2.48. The molecule has 0 spiro atoms. The van der Waals surface area contributed by atoms with Crippen molar-refractivity contribution in [3.8, 4) is 11.5 Å². The summed E-state index contributed by atoms with van der Waals surface area (Å²) in [6, 6.07) is 12.8. The number of carbonyl (C=O) groups excluding carboxylic acids is 2. The molecule has 1 aliphatic rings. The number of amides is 1. The Morgan fingerprint density at radius 3 is 2.45 bits per heavy atom. The number of benzene rings is 2. The summed E-state index contributed by atoms with van der Waals surface area (Å²) in [5.41, 5.74) is 1.80. The number of hydrogen-bond donors (Lipinski definition) is 1. The van der Waals surface area contributed by atoms with E-state index >= 15 is 0 Å². The molecule has 0 radical (unpaired) electrons. The molecular weight excluding hydrogens is 462 g/mol. The molecule has 1 aromatic heterocycles. The maximum Gasteiger partial charge on any atom is 0.300 e. The summed E-state index contributed by atoms with van der Waals surface area (Å²) in [5.74, 6) is -0.632. The molecule has 0 aliphatic carbocycles. The standard InChI is InChI=1S/C25H22ClNO5S/c1-4-32-17-8-5-15(6-9-17)22(28)20-21(24-14(2)11-12-33-24)27(25(30)23(20)29)16-7-10-19(31-3)18(26)13-16/h5-13,21,28H,4H2,1-3H3/b22-20-. The van der Waals surface area contributed by atoms with Crippen LogP contribution < -0.4 is 14.4 Å². The van der Waals surface area contributed by atoms with Crippen molar-refractivity contribution in [2.45, 2.75) is 19.9 Å².